The topological polar surface area (TPSA) is 114 Å². The number of morpholine rings is 1. The Morgan fingerprint density at radius 3 is 2.70 bits per heavy atom. The predicted molar refractivity (Wildman–Crippen MR) is 141 cm³/mol. The van der Waals surface area contributed by atoms with E-state index in [0.717, 1.165) is 78.0 Å². The molecule has 0 unspecified atom stereocenters. The monoisotopic (exact) mass is 494 g/mol. The van der Waals surface area contributed by atoms with Crippen LogP contribution in [0.3, 0.4) is 0 Å². The van der Waals surface area contributed by atoms with Crippen LogP contribution in [0.1, 0.15) is 0 Å². The average molecular weight is 495 g/mol. The van der Waals surface area contributed by atoms with Crippen LogP contribution in [-0.4, -0.2) is 74.5 Å². The zero-order valence-corrected chi connectivity index (χ0v) is 20.2. The average Bonchev–Trinajstić information content (AvgIpc) is 3.39. The molecule has 2 N–H and O–H groups in total. The maximum absolute atomic E-state index is 5.99. The zero-order chi connectivity index (χ0) is 24.9. The smallest absolute Gasteiger partial charge is 0.227 e. The molecule has 1 fully saturated rings. The molecule has 1 aliphatic heterocycles. The molecule has 0 radical (unpaired) electrons. The van der Waals surface area contributed by atoms with Gasteiger partial charge in [0.2, 0.25) is 5.95 Å². The van der Waals surface area contributed by atoms with Gasteiger partial charge in [-0.25, -0.2) is 15.0 Å². The van der Waals surface area contributed by atoms with Crippen molar-refractivity contribution in [1.82, 2.24) is 35.0 Å². The molecule has 0 spiro atoms. The second-order valence-electron chi connectivity index (χ2n) is 8.68. The van der Waals surface area contributed by atoms with Crippen LogP contribution in [0.5, 0.6) is 5.75 Å². The SMILES string of the molecule is c1cc(Nc2ncc(-c3cccnn3)cn2)cc(-c2nc3ccc(OCCN4CCOCC4)cc3[nH]2)c1. The summed E-state index contributed by atoms with van der Waals surface area (Å²) < 4.78 is 11.4. The van der Waals surface area contributed by atoms with Crippen molar-refractivity contribution in [3.63, 3.8) is 0 Å². The molecule has 186 valence electrons. The summed E-state index contributed by atoms with van der Waals surface area (Å²) in [6, 6.07) is 17.6. The van der Waals surface area contributed by atoms with Gasteiger partial charge in [-0.1, -0.05) is 12.1 Å². The molecule has 0 saturated carbocycles. The van der Waals surface area contributed by atoms with Crippen LogP contribution >= 0.6 is 0 Å². The maximum atomic E-state index is 5.99. The van der Waals surface area contributed by atoms with Crippen LogP contribution < -0.4 is 10.1 Å². The second kappa shape index (κ2) is 10.7. The number of nitrogens with one attached hydrogen (secondary N) is 2. The first kappa shape index (κ1) is 23.0. The van der Waals surface area contributed by atoms with Crippen molar-refractivity contribution in [2.24, 2.45) is 0 Å². The lowest BCUT2D eigenvalue weighted by Gasteiger charge is -2.26. The highest BCUT2D eigenvalue weighted by Gasteiger charge is 2.11. The van der Waals surface area contributed by atoms with E-state index in [4.69, 9.17) is 14.5 Å². The lowest BCUT2D eigenvalue weighted by atomic mass is 10.2. The number of hydrogen-bond donors (Lipinski definition) is 2. The number of aromatic amines is 1. The molecule has 5 aromatic rings. The number of aromatic nitrogens is 6. The molecule has 37 heavy (non-hydrogen) atoms. The van der Waals surface area contributed by atoms with Gasteiger partial charge >= 0.3 is 0 Å². The van der Waals surface area contributed by atoms with Crippen molar-refractivity contribution in [2.45, 2.75) is 0 Å². The third-order valence-corrected chi connectivity index (χ3v) is 6.15. The summed E-state index contributed by atoms with van der Waals surface area (Å²) in [4.78, 5) is 19.4. The lowest BCUT2D eigenvalue weighted by molar-refractivity contribution is 0.0322. The summed E-state index contributed by atoms with van der Waals surface area (Å²) in [6.45, 7) is 5.04. The van der Waals surface area contributed by atoms with Crippen molar-refractivity contribution in [2.75, 3.05) is 44.8 Å². The maximum Gasteiger partial charge on any atom is 0.227 e. The van der Waals surface area contributed by atoms with Crippen LogP contribution in [0.25, 0.3) is 33.7 Å². The van der Waals surface area contributed by atoms with Gasteiger partial charge in [0.05, 0.1) is 29.9 Å². The highest BCUT2D eigenvalue weighted by molar-refractivity contribution is 5.81. The molecule has 1 aliphatic rings. The molecule has 0 atom stereocenters. The predicted octanol–water partition coefficient (Wildman–Crippen LogP) is 3.93. The first-order chi connectivity index (χ1) is 18.3. The van der Waals surface area contributed by atoms with Gasteiger partial charge in [-0.05, 0) is 36.4 Å². The first-order valence-corrected chi connectivity index (χ1v) is 12.2. The van der Waals surface area contributed by atoms with Crippen molar-refractivity contribution >= 4 is 22.7 Å². The number of anilines is 2. The molecule has 1 saturated heterocycles. The van der Waals surface area contributed by atoms with Crippen LogP contribution in [0, 0.1) is 0 Å². The van der Waals surface area contributed by atoms with Crippen molar-refractivity contribution in [3.8, 4) is 28.4 Å². The fraction of sp³-hybridized carbons (Fsp3) is 0.222. The van der Waals surface area contributed by atoms with Crippen LogP contribution in [0.4, 0.5) is 11.6 Å². The number of imidazole rings is 1. The van der Waals surface area contributed by atoms with E-state index in [1.807, 2.05) is 54.6 Å². The molecule has 4 heterocycles. The van der Waals surface area contributed by atoms with Gasteiger partial charge in [0.15, 0.2) is 0 Å². The van der Waals surface area contributed by atoms with Gasteiger partial charge in [-0.2, -0.15) is 10.2 Å². The molecule has 0 bridgehead atoms. The van der Waals surface area contributed by atoms with Crippen molar-refractivity contribution < 1.29 is 9.47 Å². The van der Waals surface area contributed by atoms with E-state index in [2.05, 4.69) is 35.4 Å². The quantitative estimate of drug-likeness (QED) is 0.331. The number of nitrogens with zero attached hydrogens (tertiary/aromatic N) is 6. The Morgan fingerprint density at radius 2 is 1.86 bits per heavy atom. The van der Waals surface area contributed by atoms with Gasteiger partial charge in [0.25, 0.3) is 0 Å². The molecule has 2 aromatic carbocycles. The summed E-state index contributed by atoms with van der Waals surface area (Å²) >= 11 is 0. The van der Waals surface area contributed by atoms with Crippen LogP contribution in [0.2, 0.25) is 0 Å². The minimum atomic E-state index is 0.494. The van der Waals surface area contributed by atoms with Gasteiger partial charge in [-0.3, -0.25) is 4.90 Å². The van der Waals surface area contributed by atoms with Crippen molar-refractivity contribution in [1.29, 1.82) is 0 Å². The summed E-state index contributed by atoms with van der Waals surface area (Å²) in [5.41, 5.74) is 5.16. The second-order valence-corrected chi connectivity index (χ2v) is 8.68. The Labute approximate surface area is 213 Å². The van der Waals surface area contributed by atoms with E-state index >= 15 is 0 Å². The van der Waals surface area contributed by atoms with E-state index < -0.39 is 0 Å². The van der Waals surface area contributed by atoms with E-state index in [1.54, 1.807) is 18.6 Å². The Balaban J connectivity index is 1.13. The zero-order valence-electron chi connectivity index (χ0n) is 20.2. The molecule has 3 aromatic heterocycles. The molecule has 0 aliphatic carbocycles. The standard InChI is InChI=1S/C27H26N8O2/c1-3-19(15-21(4-1)31-27-28-17-20(18-29-27)23-5-2-8-30-34-23)26-32-24-7-6-22(16-25(24)33-26)37-14-11-35-9-12-36-13-10-35/h1-8,15-18H,9-14H2,(H,32,33)(H,28,29,31). The Bertz CT molecular complexity index is 1470. The Kier molecular flexibility index (Phi) is 6.65. The van der Waals surface area contributed by atoms with E-state index in [-0.39, 0.29) is 0 Å². The lowest BCUT2D eigenvalue weighted by Crippen LogP contribution is -2.38. The third kappa shape index (κ3) is 5.55. The van der Waals surface area contributed by atoms with Crippen LogP contribution in [0.15, 0.2) is 73.2 Å². The summed E-state index contributed by atoms with van der Waals surface area (Å²) in [5.74, 6) is 2.10. The fourth-order valence-electron chi connectivity index (χ4n) is 4.19. The first-order valence-electron chi connectivity index (χ1n) is 12.2. The highest BCUT2D eigenvalue weighted by atomic mass is 16.5. The molecule has 10 nitrogen and oxygen atoms in total. The number of ether oxygens (including phenoxy) is 2. The Morgan fingerprint density at radius 1 is 0.973 bits per heavy atom. The number of rotatable bonds is 8. The van der Waals surface area contributed by atoms with Gasteiger partial charge < -0.3 is 19.8 Å². The van der Waals surface area contributed by atoms with Gasteiger partial charge in [0, 0.05) is 61.1 Å². The summed E-state index contributed by atoms with van der Waals surface area (Å²) in [6.07, 6.45) is 5.09. The third-order valence-electron chi connectivity index (χ3n) is 6.15. The minimum absolute atomic E-state index is 0.494. The molecule has 6 rings (SSSR count). The van der Waals surface area contributed by atoms with Crippen LogP contribution in [-0.2, 0) is 4.74 Å². The van der Waals surface area contributed by atoms with E-state index in [1.165, 1.54) is 0 Å². The number of benzene rings is 2. The largest absolute Gasteiger partial charge is 0.492 e. The number of H-pyrrole nitrogens is 1. The fourth-order valence-corrected chi connectivity index (χ4v) is 4.19. The Hall–Kier alpha value is -4.41. The molecule has 10 heteroatoms. The summed E-state index contributed by atoms with van der Waals surface area (Å²) in [7, 11) is 0. The normalized spacial score (nSPS) is 14.1. The summed E-state index contributed by atoms with van der Waals surface area (Å²) in [5, 5.41) is 11.2. The molecule has 0 amide bonds. The highest BCUT2D eigenvalue weighted by Crippen LogP contribution is 2.26. The number of hydrogen-bond acceptors (Lipinski definition) is 9. The molecular formula is C27H26N8O2. The van der Waals surface area contributed by atoms with E-state index in [0.29, 0.717) is 12.6 Å². The van der Waals surface area contributed by atoms with Gasteiger partial charge in [0.1, 0.15) is 18.2 Å². The number of fused-ring (bicyclic) bond motifs is 1. The van der Waals surface area contributed by atoms with E-state index in [9.17, 15) is 0 Å². The molecular weight excluding hydrogens is 468 g/mol. The minimum Gasteiger partial charge on any atom is -0.492 e. The van der Waals surface area contributed by atoms with Crippen molar-refractivity contribution in [3.05, 3.63) is 73.2 Å². The van der Waals surface area contributed by atoms with Gasteiger partial charge in [-0.15, -0.1) is 0 Å².